The number of ether oxygens (including phenoxy) is 3. The van der Waals surface area contributed by atoms with Crippen LogP contribution in [0.5, 0.6) is 17.2 Å². The van der Waals surface area contributed by atoms with E-state index < -0.39 is 0 Å². The van der Waals surface area contributed by atoms with E-state index in [1.165, 1.54) is 16.6 Å². The third-order valence-electron chi connectivity index (χ3n) is 5.03. The van der Waals surface area contributed by atoms with E-state index in [0.29, 0.717) is 49.2 Å². The maximum Gasteiger partial charge on any atom is 0.251 e. The van der Waals surface area contributed by atoms with Crippen molar-refractivity contribution in [3.63, 3.8) is 0 Å². The molecule has 0 saturated carbocycles. The van der Waals surface area contributed by atoms with Crippen molar-refractivity contribution in [3.8, 4) is 17.2 Å². The molecule has 0 aliphatic carbocycles. The molecule has 0 radical (unpaired) electrons. The molecule has 6 heteroatoms. The third-order valence-corrected chi connectivity index (χ3v) is 5.03. The molecule has 0 unspecified atom stereocenters. The SMILES string of the molecule is CCOc1cc(C(=O)NCCCn2c(C)cc3ccccc32)cc(OCC)c1OCC. The first-order valence-electron chi connectivity index (χ1n) is 11.0. The zero-order valence-corrected chi connectivity index (χ0v) is 18.9. The molecule has 0 atom stereocenters. The Kier molecular flexibility index (Phi) is 7.82. The Balaban J connectivity index is 1.67. The topological polar surface area (TPSA) is 61.7 Å². The first-order chi connectivity index (χ1) is 15.1. The molecule has 6 nitrogen and oxygen atoms in total. The van der Waals surface area contributed by atoms with Gasteiger partial charge < -0.3 is 24.1 Å². The van der Waals surface area contributed by atoms with Crippen LogP contribution in [-0.4, -0.2) is 36.8 Å². The minimum absolute atomic E-state index is 0.154. The van der Waals surface area contributed by atoms with E-state index in [1.807, 2.05) is 20.8 Å². The average Bonchev–Trinajstić information content (AvgIpc) is 3.08. The van der Waals surface area contributed by atoms with Gasteiger partial charge in [-0.1, -0.05) is 18.2 Å². The lowest BCUT2D eigenvalue weighted by molar-refractivity contribution is 0.0951. The molecular weight excluding hydrogens is 392 g/mol. The van der Waals surface area contributed by atoms with E-state index >= 15 is 0 Å². The smallest absolute Gasteiger partial charge is 0.251 e. The van der Waals surface area contributed by atoms with Crippen LogP contribution in [0.25, 0.3) is 10.9 Å². The number of amides is 1. The summed E-state index contributed by atoms with van der Waals surface area (Å²) in [6.07, 6.45) is 0.832. The zero-order chi connectivity index (χ0) is 22.2. The Hall–Kier alpha value is -3.15. The van der Waals surface area contributed by atoms with Crippen molar-refractivity contribution in [2.45, 2.75) is 40.7 Å². The fourth-order valence-corrected chi connectivity index (χ4v) is 3.71. The van der Waals surface area contributed by atoms with Crippen LogP contribution in [0.1, 0.15) is 43.2 Å². The van der Waals surface area contributed by atoms with Crippen LogP contribution in [-0.2, 0) is 6.54 Å². The standard InChI is InChI=1S/C25H32N2O4/c1-5-29-22-16-20(17-23(30-6-2)24(22)31-7-3)25(28)26-13-10-14-27-18(4)15-19-11-8-9-12-21(19)27/h8-9,11-12,15-17H,5-7,10,13-14H2,1-4H3,(H,26,28). The second kappa shape index (κ2) is 10.8. The molecule has 3 rings (SSSR count). The second-order valence-corrected chi connectivity index (χ2v) is 7.21. The van der Waals surface area contributed by atoms with Crippen molar-refractivity contribution < 1.29 is 19.0 Å². The summed E-state index contributed by atoms with van der Waals surface area (Å²) in [5, 5.41) is 4.26. The van der Waals surface area contributed by atoms with Crippen LogP contribution in [0.2, 0.25) is 0 Å². The number of aromatic nitrogens is 1. The van der Waals surface area contributed by atoms with Gasteiger partial charge in [0.1, 0.15) is 0 Å². The van der Waals surface area contributed by atoms with Crippen LogP contribution in [0.3, 0.4) is 0 Å². The molecule has 1 heterocycles. The molecule has 31 heavy (non-hydrogen) atoms. The summed E-state index contributed by atoms with van der Waals surface area (Å²) in [5.74, 6) is 1.43. The van der Waals surface area contributed by atoms with E-state index in [0.717, 1.165) is 13.0 Å². The fourth-order valence-electron chi connectivity index (χ4n) is 3.71. The van der Waals surface area contributed by atoms with Crippen molar-refractivity contribution in [2.75, 3.05) is 26.4 Å². The van der Waals surface area contributed by atoms with Gasteiger partial charge in [0.2, 0.25) is 5.75 Å². The van der Waals surface area contributed by atoms with Crippen molar-refractivity contribution in [1.82, 2.24) is 9.88 Å². The van der Waals surface area contributed by atoms with Gasteiger partial charge in [-0.25, -0.2) is 0 Å². The van der Waals surface area contributed by atoms with Gasteiger partial charge in [0.25, 0.3) is 5.91 Å². The van der Waals surface area contributed by atoms with Crippen LogP contribution in [0.4, 0.5) is 0 Å². The van der Waals surface area contributed by atoms with Crippen LogP contribution in [0.15, 0.2) is 42.5 Å². The molecule has 0 saturated heterocycles. The summed E-state index contributed by atoms with van der Waals surface area (Å²) in [5.41, 5.74) is 2.94. The van der Waals surface area contributed by atoms with Crippen LogP contribution in [0, 0.1) is 6.92 Å². The number of rotatable bonds is 11. The minimum atomic E-state index is -0.154. The summed E-state index contributed by atoms with van der Waals surface area (Å²) in [6.45, 7) is 10.7. The molecule has 166 valence electrons. The highest BCUT2D eigenvalue weighted by Crippen LogP contribution is 2.39. The molecule has 0 aliphatic rings. The number of aryl methyl sites for hydroxylation is 2. The molecule has 0 bridgehead atoms. The average molecular weight is 425 g/mol. The van der Waals surface area contributed by atoms with Gasteiger partial charge in [-0.3, -0.25) is 4.79 Å². The maximum atomic E-state index is 12.8. The first kappa shape index (κ1) is 22.5. The van der Waals surface area contributed by atoms with Gasteiger partial charge in [-0.05, 0) is 63.8 Å². The lowest BCUT2D eigenvalue weighted by Crippen LogP contribution is -2.25. The van der Waals surface area contributed by atoms with E-state index in [9.17, 15) is 4.79 Å². The maximum absolute atomic E-state index is 12.8. The quantitative estimate of drug-likeness (QED) is 0.442. The van der Waals surface area contributed by atoms with Crippen LogP contribution < -0.4 is 19.5 Å². The molecule has 1 amide bonds. The van der Waals surface area contributed by atoms with Gasteiger partial charge in [-0.2, -0.15) is 0 Å². The Bertz CT molecular complexity index is 999. The molecule has 3 aromatic rings. The molecule has 2 aromatic carbocycles. The van der Waals surface area contributed by atoms with E-state index in [2.05, 4.69) is 47.1 Å². The summed E-state index contributed by atoms with van der Waals surface area (Å²) in [7, 11) is 0. The number of hydrogen-bond donors (Lipinski definition) is 1. The number of fused-ring (bicyclic) bond motifs is 1. The Morgan fingerprint density at radius 2 is 1.58 bits per heavy atom. The number of nitrogens with one attached hydrogen (secondary N) is 1. The van der Waals surface area contributed by atoms with E-state index in [1.54, 1.807) is 12.1 Å². The molecule has 1 aromatic heterocycles. The Morgan fingerprint density at radius 3 is 2.23 bits per heavy atom. The predicted octanol–water partition coefficient (Wildman–Crippen LogP) is 4.97. The van der Waals surface area contributed by atoms with Crippen molar-refractivity contribution >= 4 is 16.8 Å². The molecule has 1 N–H and O–H groups in total. The second-order valence-electron chi connectivity index (χ2n) is 7.21. The first-order valence-corrected chi connectivity index (χ1v) is 11.0. The minimum Gasteiger partial charge on any atom is -0.490 e. The van der Waals surface area contributed by atoms with Crippen LogP contribution >= 0.6 is 0 Å². The number of nitrogens with zero attached hydrogens (tertiary/aromatic N) is 1. The Morgan fingerprint density at radius 1 is 0.935 bits per heavy atom. The summed E-state index contributed by atoms with van der Waals surface area (Å²) in [4.78, 5) is 12.8. The van der Waals surface area contributed by atoms with Gasteiger partial charge in [0.05, 0.1) is 19.8 Å². The molecule has 0 aliphatic heterocycles. The highest BCUT2D eigenvalue weighted by Gasteiger charge is 2.18. The highest BCUT2D eigenvalue weighted by atomic mass is 16.5. The predicted molar refractivity (Wildman–Crippen MR) is 124 cm³/mol. The molecule has 0 spiro atoms. The number of hydrogen-bond acceptors (Lipinski definition) is 4. The van der Waals surface area contributed by atoms with Gasteiger partial charge in [0.15, 0.2) is 11.5 Å². The zero-order valence-electron chi connectivity index (χ0n) is 18.9. The third kappa shape index (κ3) is 5.32. The number of benzene rings is 2. The van der Waals surface area contributed by atoms with Crippen molar-refractivity contribution in [2.24, 2.45) is 0 Å². The molecule has 0 fully saturated rings. The largest absolute Gasteiger partial charge is 0.490 e. The number of carbonyl (C=O) groups excluding carboxylic acids is 1. The Labute approximate surface area is 184 Å². The van der Waals surface area contributed by atoms with E-state index in [4.69, 9.17) is 14.2 Å². The van der Waals surface area contributed by atoms with Gasteiger partial charge >= 0.3 is 0 Å². The number of para-hydroxylation sites is 1. The summed E-state index contributed by atoms with van der Waals surface area (Å²) in [6, 6.07) is 14.0. The summed E-state index contributed by atoms with van der Waals surface area (Å²) < 4.78 is 19.4. The fraction of sp³-hybridized carbons (Fsp3) is 0.400. The van der Waals surface area contributed by atoms with Crippen molar-refractivity contribution in [3.05, 3.63) is 53.7 Å². The van der Waals surface area contributed by atoms with Gasteiger partial charge in [-0.15, -0.1) is 0 Å². The molecular formula is C25H32N2O4. The van der Waals surface area contributed by atoms with Gasteiger partial charge in [0, 0.05) is 29.9 Å². The van der Waals surface area contributed by atoms with E-state index in [-0.39, 0.29) is 5.91 Å². The highest BCUT2D eigenvalue weighted by molar-refractivity contribution is 5.95. The lowest BCUT2D eigenvalue weighted by Gasteiger charge is -2.17. The normalized spacial score (nSPS) is 10.8. The lowest BCUT2D eigenvalue weighted by atomic mass is 10.1. The van der Waals surface area contributed by atoms with Crippen molar-refractivity contribution in [1.29, 1.82) is 0 Å². The summed E-state index contributed by atoms with van der Waals surface area (Å²) >= 11 is 0. The number of carbonyl (C=O) groups is 1. The monoisotopic (exact) mass is 424 g/mol.